The molecule has 1 N–H and O–H groups in total. The Bertz CT molecular complexity index is 439. The number of β-lactam (4-membered cyclic amide) rings is 1. The average Bonchev–Trinajstić information content (AvgIpc) is 2.68. The van der Waals surface area contributed by atoms with Crippen LogP contribution >= 0.6 is 0 Å². The molecule has 104 valence electrons. The Morgan fingerprint density at radius 2 is 2.37 bits per heavy atom. The number of aliphatic hydroxyl groups is 1. The van der Waals surface area contributed by atoms with E-state index in [1.165, 1.54) is 4.90 Å². The van der Waals surface area contributed by atoms with Crippen LogP contribution in [0.2, 0.25) is 0 Å². The highest BCUT2D eigenvalue weighted by Gasteiger charge is 2.63. The van der Waals surface area contributed by atoms with Crippen molar-refractivity contribution in [3.8, 4) is 12.3 Å². The van der Waals surface area contributed by atoms with Crippen molar-refractivity contribution in [1.82, 2.24) is 4.90 Å². The third kappa shape index (κ3) is 2.16. The van der Waals surface area contributed by atoms with Crippen LogP contribution in [0.1, 0.15) is 20.3 Å². The lowest BCUT2D eigenvalue weighted by atomic mass is 9.76. The lowest BCUT2D eigenvalue weighted by molar-refractivity contribution is -0.212. The fourth-order valence-corrected chi connectivity index (χ4v) is 2.74. The second-order valence-electron chi connectivity index (χ2n) is 5.36. The number of likely N-dealkylation sites (tertiary alicyclic amines) is 1. The molecular weight excluding hydrogens is 246 g/mol. The minimum absolute atomic E-state index is 0.0234. The van der Waals surface area contributed by atoms with Crippen LogP contribution in [-0.2, 0) is 14.3 Å². The second kappa shape index (κ2) is 4.64. The summed E-state index contributed by atoms with van der Waals surface area (Å²) in [4.78, 5) is 13.6. The number of amides is 1. The fraction of sp³-hybridized carbons (Fsp3) is 0.643. The predicted octanol–water partition coefficient (Wildman–Crippen LogP) is 0.289. The molecule has 0 bridgehead atoms. The topological polar surface area (TPSA) is 59.0 Å². The van der Waals surface area contributed by atoms with E-state index >= 15 is 0 Å². The maximum Gasteiger partial charge on any atom is 0.258 e. The van der Waals surface area contributed by atoms with E-state index in [0.29, 0.717) is 13.2 Å². The molecule has 3 atom stereocenters. The van der Waals surface area contributed by atoms with Crippen molar-refractivity contribution in [1.29, 1.82) is 0 Å². The van der Waals surface area contributed by atoms with E-state index in [0.717, 1.165) is 0 Å². The third-order valence-electron chi connectivity index (χ3n) is 3.54. The molecule has 2 fully saturated rings. The first kappa shape index (κ1) is 14.1. The van der Waals surface area contributed by atoms with Crippen molar-refractivity contribution in [2.45, 2.75) is 43.8 Å². The summed E-state index contributed by atoms with van der Waals surface area (Å²) >= 11 is 0. The van der Waals surface area contributed by atoms with Crippen LogP contribution in [-0.4, -0.2) is 52.6 Å². The van der Waals surface area contributed by atoms with E-state index in [-0.39, 0.29) is 18.4 Å². The molecule has 0 aromatic heterocycles. The maximum absolute atomic E-state index is 12.0. The van der Waals surface area contributed by atoms with Crippen LogP contribution in [0.25, 0.3) is 0 Å². The van der Waals surface area contributed by atoms with Gasteiger partial charge in [0.05, 0.1) is 12.6 Å². The molecule has 0 aliphatic carbocycles. The minimum Gasteiger partial charge on any atom is -0.377 e. The summed E-state index contributed by atoms with van der Waals surface area (Å²) in [6, 6.07) is -0.490. The number of rotatable bonds is 4. The summed E-state index contributed by atoms with van der Waals surface area (Å²) in [5.74, 6) is 1.28. The Labute approximate surface area is 113 Å². The summed E-state index contributed by atoms with van der Waals surface area (Å²) < 4.78 is 11.2. The highest BCUT2D eigenvalue weighted by atomic mass is 16.7. The molecule has 1 amide bonds. The average molecular weight is 265 g/mol. The smallest absolute Gasteiger partial charge is 0.258 e. The Kier molecular flexibility index (Phi) is 3.43. The first-order chi connectivity index (χ1) is 8.85. The van der Waals surface area contributed by atoms with Gasteiger partial charge in [-0.15, -0.1) is 18.9 Å². The van der Waals surface area contributed by atoms with Gasteiger partial charge in [-0.3, -0.25) is 4.79 Å². The van der Waals surface area contributed by atoms with Crippen molar-refractivity contribution in [2.75, 3.05) is 13.2 Å². The van der Waals surface area contributed by atoms with Crippen LogP contribution in [0.15, 0.2) is 12.7 Å². The Morgan fingerprint density at radius 1 is 1.68 bits per heavy atom. The minimum atomic E-state index is -1.55. The normalized spacial score (nSPS) is 36.7. The lowest BCUT2D eigenvalue weighted by Crippen LogP contribution is -2.77. The van der Waals surface area contributed by atoms with Gasteiger partial charge in [0, 0.05) is 13.0 Å². The number of hydrogen-bond donors (Lipinski definition) is 1. The van der Waals surface area contributed by atoms with E-state index in [1.54, 1.807) is 19.9 Å². The molecule has 5 heteroatoms. The number of terminal acetylenes is 1. The maximum atomic E-state index is 12.0. The first-order valence-electron chi connectivity index (χ1n) is 6.25. The van der Waals surface area contributed by atoms with Crippen molar-refractivity contribution in [2.24, 2.45) is 0 Å². The second-order valence-corrected chi connectivity index (χ2v) is 5.36. The molecule has 5 nitrogen and oxygen atoms in total. The van der Waals surface area contributed by atoms with Gasteiger partial charge < -0.3 is 19.5 Å². The van der Waals surface area contributed by atoms with E-state index in [2.05, 4.69) is 12.5 Å². The first-order valence-corrected chi connectivity index (χ1v) is 6.25. The van der Waals surface area contributed by atoms with Crippen LogP contribution < -0.4 is 0 Å². The molecule has 0 aromatic rings. The molecule has 0 radical (unpaired) electrons. The zero-order valence-electron chi connectivity index (χ0n) is 11.3. The van der Waals surface area contributed by atoms with Gasteiger partial charge in [0.1, 0.15) is 6.10 Å². The van der Waals surface area contributed by atoms with Crippen molar-refractivity contribution >= 4 is 5.91 Å². The monoisotopic (exact) mass is 265 g/mol. The number of ether oxygens (including phenoxy) is 2. The van der Waals surface area contributed by atoms with Gasteiger partial charge in [0.15, 0.2) is 11.4 Å². The molecule has 0 saturated carbocycles. The van der Waals surface area contributed by atoms with Crippen molar-refractivity contribution in [3.63, 3.8) is 0 Å². The Morgan fingerprint density at radius 3 is 2.84 bits per heavy atom. The molecule has 2 aliphatic rings. The third-order valence-corrected chi connectivity index (χ3v) is 3.54. The van der Waals surface area contributed by atoms with Gasteiger partial charge in [-0.05, 0) is 13.8 Å². The summed E-state index contributed by atoms with van der Waals surface area (Å²) in [5.41, 5.74) is -1.55. The quantitative estimate of drug-likeness (QED) is 0.451. The standard InChI is InChI=1S/C14H19NO4/c1-5-7-14(17)11(15(8-6-2)12(14)16)10-9-18-13(3,4)19-10/h1,6,10-11,17H,2,7-9H2,3-4H3/t10-,11+,14-/m1/s1. The van der Waals surface area contributed by atoms with Crippen molar-refractivity contribution in [3.05, 3.63) is 12.7 Å². The van der Waals surface area contributed by atoms with Gasteiger partial charge in [0.25, 0.3) is 5.91 Å². The summed E-state index contributed by atoms with van der Waals surface area (Å²) in [7, 11) is 0. The number of carbonyl (C=O) groups excluding carboxylic acids is 1. The molecular formula is C14H19NO4. The molecule has 0 aromatic carbocycles. The predicted molar refractivity (Wildman–Crippen MR) is 69.0 cm³/mol. The van der Waals surface area contributed by atoms with E-state index in [4.69, 9.17) is 15.9 Å². The van der Waals surface area contributed by atoms with E-state index in [9.17, 15) is 9.90 Å². The van der Waals surface area contributed by atoms with Crippen LogP contribution in [0.4, 0.5) is 0 Å². The van der Waals surface area contributed by atoms with Crippen LogP contribution in [0, 0.1) is 12.3 Å². The number of hydrogen-bond acceptors (Lipinski definition) is 4. The van der Waals surface area contributed by atoms with Gasteiger partial charge in [-0.25, -0.2) is 0 Å². The largest absolute Gasteiger partial charge is 0.377 e. The molecule has 2 heterocycles. The van der Waals surface area contributed by atoms with Gasteiger partial charge in [0.2, 0.25) is 0 Å². The molecule has 2 aliphatic heterocycles. The SMILES string of the molecule is C#CC[C@]1(O)C(=O)N(CC=C)[C@H]1[C@H]1COC(C)(C)O1. The lowest BCUT2D eigenvalue weighted by Gasteiger charge is -2.53. The summed E-state index contributed by atoms with van der Waals surface area (Å²) in [5, 5.41) is 10.5. The van der Waals surface area contributed by atoms with Crippen LogP contribution in [0.3, 0.4) is 0 Å². The van der Waals surface area contributed by atoms with Crippen LogP contribution in [0.5, 0.6) is 0 Å². The zero-order chi connectivity index (χ0) is 14.3. The Hall–Kier alpha value is -1.35. The van der Waals surface area contributed by atoms with Crippen molar-refractivity contribution < 1.29 is 19.4 Å². The van der Waals surface area contributed by atoms with E-state index in [1.807, 2.05) is 0 Å². The van der Waals surface area contributed by atoms with Gasteiger partial charge in [-0.2, -0.15) is 0 Å². The van der Waals surface area contributed by atoms with Gasteiger partial charge >= 0.3 is 0 Å². The zero-order valence-corrected chi connectivity index (χ0v) is 11.3. The summed E-state index contributed by atoms with van der Waals surface area (Å²) in [6.45, 7) is 7.89. The van der Waals surface area contributed by atoms with Gasteiger partial charge in [-0.1, -0.05) is 6.08 Å². The molecule has 0 spiro atoms. The number of carbonyl (C=O) groups is 1. The van der Waals surface area contributed by atoms with E-state index < -0.39 is 17.4 Å². The summed E-state index contributed by atoms with van der Waals surface area (Å²) in [6.07, 6.45) is 6.45. The molecule has 19 heavy (non-hydrogen) atoms. The highest BCUT2D eigenvalue weighted by Crippen LogP contribution is 2.40. The highest BCUT2D eigenvalue weighted by molar-refractivity contribution is 5.93. The Balaban J connectivity index is 2.21. The molecule has 2 rings (SSSR count). The fourth-order valence-electron chi connectivity index (χ4n) is 2.74. The number of nitrogens with zero attached hydrogens (tertiary/aromatic N) is 1. The molecule has 2 saturated heterocycles. The molecule has 0 unspecified atom stereocenters.